The first-order chi connectivity index (χ1) is 10.3. The van der Waals surface area contributed by atoms with Crippen LogP contribution in [-0.4, -0.2) is 29.0 Å². The molecule has 0 radical (unpaired) electrons. The Morgan fingerprint density at radius 2 is 2.09 bits per heavy atom. The highest BCUT2D eigenvalue weighted by atomic mass is 16.5. The SMILES string of the molecule is CCOC(=O)c1cnn(C=CC(C)(C)CC)c1OCC(C)C. The van der Waals surface area contributed by atoms with Crippen molar-refractivity contribution >= 4 is 12.2 Å². The fourth-order valence-electron chi connectivity index (χ4n) is 1.59. The Bertz CT molecular complexity index is 516. The van der Waals surface area contributed by atoms with Gasteiger partial charge in [0.2, 0.25) is 5.88 Å². The van der Waals surface area contributed by atoms with Crippen LogP contribution in [0.15, 0.2) is 12.3 Å². The van der Waals surface area contributed by atoms with Crippen molar-refractivity contribution in [1.29, 1.82) is 0 Å². The number of rotatable bonds is 8. The maximum atomic E-state index is 12.0. The van der Waals surface area contributed by atoms with E-state index in [2.05, 4.69) is 45.8 Å². The molecule has 0 saturated heterocycles. The molecule has 0 unspecified atom stereocenters. The van der Waals surface area contributed by atoms with Gasteiger partial charge in [-0.25, -0.2) is 9.48 Å². The quantitative estimate of drug-likeness (QED) is 0.681. The van der Waals surface area contributed by atoms with Crippen molar-refractivity contribution in [3.05, 3.63) is 17.8 Å². The number of aromatic nitrogens is 2. The third-order valence-corrected chi connectivity index (χ3v) is 3.38. The van der Waals surface area contributed by atoms with Crippen LogP contribution in [0.1, 0.15) is 58.3 Å². The molecule has 5 heteroatoms. The van der Waals surface area contributed by atoms with E-state index in [4.69, 9.17) is 9.47 Å². The largest absolute Gasteiger partial charge is 0.477 e. The standard InChI is InChI=1S/C17H28N2O3/c1-7-17(5,6)9-10-19-15(22-12-13(3)4)14(11-18-19)16(20)21-8-2/h9-11,13H,7-8,12H2,1-6H3. The lowest BCUT2D eigenvalue weighted by molar-refractivity contribution is 0.0520. The van der Waals surface area contributed by atoms with Crippen LogP contribution in [0.4, 0.5) is 0 Å². The Kier molecular flexibility index (Phi) is 6.65. The number of hydrogen-bond donors (Lipinski definition) is 0. The van der Waals surface area contributed by atoms with E-state index in [-0.39, 0.29) is 5.41 Å². The minimum absolute atomic E-state index is 0.0609. The molecule has 22 heavy (non-hydrogen) atoms. The molecule has 0 N–H and O–H groups in total. The summed E-state index contributed by atoms with van der Waals surface area (Å²) in [5.41, 5.74) is 0.423. The van der Waals surface area contributed by atoms with Crippen molar-refractivity contribution in [1.82, 2.24) is 9.78 Å². The third kappa shape index (κ3) is 5.20. The fraction of sp³-hybridized carbons (Fsp3) is 0.647. The lowest BCUT2D eigenvalue weighted by Gasteiger charge is -2.17. The molecular weight excluding hydrogens is 280 g/mol. The fourth-order valence-corrected chi connectivity index (χ4v) is 1.59. The second kappa shape index (κ2) is 8.01. The molecule has 0 aromatic carbocycles. The van der Waals surface area contributed by atoms with Crippen LogP contribution in [0.3, 0.4) is 0 Å². The van der Waals surface area contributed by atoms with Crippen molar-refractivity contribution in [2.75, 3.05) is 13.2 Å². The number of esters is 1. The van der Waals surface area contributed by atoms with Gasteiger partial charge < -0.3 is 9.47 Å². The molecule has 1 heterocycles. The molecule has 1 rings (SSSR count). The predicted octanol–water partition coefficient (Wildman–Crippen LogP) is 4.00. The van der Waals surface area contributed by atoms with E-state index in [1.807, 2.05) is 6.20 Å². The van der Waals surface area contributed by atoms with Gasteiger partial charge in [-0.2, -0.15) is 5.10 Å². The van der Waals surface area contributed by atoms with E-state index < -0.39 is 5.97 Å². The van der Waals surface area contributed by atoms with E-state index in [0.29, 0.717) is 30.6 Å². The van der Waals surface area contributed by atoms with Gasteiger partial charge in [0.25, 0.3) is 0 Å². The van der Waals surface area contributed by atoms with Gasteiger partial charge in [-0.1, -0.05) is 40.7 Å². The molecule has 0 saturated carbocycles. The molecule has 0 aliphatic heterocycles. The van der Waals surface area contributed by atoms with Crippen LogP contribution in [0, 0.1) is 11.3 Å². The molecule has 1 aromatic heterocycles. The number of carbonyl (C=O) groups is 1. The zero-order valence-corrected chi connectivity index (χ0v) is 14.5. The molecular formula is C17H28N2O3. The average Bonchev–Trinajstić information content (AvgIpc) is 2.86. The van der Waals surface area contributed by atoms with Gasteiger partial charge in [0.1, 0.15) is 5.56 Å². The maximum absolute atomic E-state index is 12.0. The Labute approximate surface area is 133 Å². The van der Waals surface area contributed by atoms with E-state index >= 15 is 0 Å². The van der Waals surface area contributed by atoms with Crippen molar-refractivity contribution in [2.24, 2.45) is 11.3 Å². The van der Waals surface area contributed by atoms with Gasteiger partial charge in [0.05, 0.1) is 19.4 Å². The van der Waals surface area contributed by atoms with Gasteiger partial charge >= 0.3 is 5.97 Å². The monoisotopic (exact) mass is 308 g/mol. The van der Waals surface area contributed by atoms with Crippen molar-refractivity contribution in [3.8, 4) is 5.88 Å². The first-order valence-electron chi connectivity index (χ1n) is 7.87. The highest BCUT2D eigenvalue weighted by molar-refractivity contribution is 5.91. The minimum Gasteiger partial charge on any atom is -0.477 e. The molecule has 0 aliphatic rings. The number of hydrogen-bond acceptors (Lipinski definition) is 4. The molecule has 0 aliphatic carbocycles. The van der Waals surface area contributed by atoms with Crippen molar-refractivity contribution < 1.29 is 14.3 Å². The average molecular weight is 308 g/mol. The van der Waals surface area contributed by atoms with Crippen molar-refractivity contribution in [2.45, 2.75) is 48.0 Å². The smallest absolute Gasteiger partial charge is 0.345 e. The van der Waals surface area contributed by atoms with Crippen LogP contribution in [0.2, 0.25) is 0 Å². The van der Waals surface area contributed by atoms with Crippen molar-refractivity contribution in [3.63, 3.8) is 0 Å². The zero-order valence-electron chi connectivity index (χ0n) is 14.5. The molecule has 0 amide bonds. The second-order valence-electron chi connectivity index (χ2n) is 6.39. The number of nitrogens with zero attached hydrogens (tertiary/aromatic N) is 2. The van der Waals surface area contributed by atoms with Crippen LogP contribution in [0.5, 0.6) is 5.88 Å². The summed E-state index contributed by atoms with van der Waals surface area (Å²) in [6.07, 6.45) is 6.42. The van der Waals surface area contributed by atoms with Gasteiger partial charge in [-0.15, -0.1) is 0 Å². The van der Waals surface area contributed by atoms with Gasteiger partial charge in [-0.3, -0.25) is 0 Å². The summed E-state index contributed by atoms with van der Waals surface area (Å²) in [7, 11) is 0. The van der Waals surface area contributed by atoms with Crippen LogP contribution < -0.4 is 4.74 Å². The van der Waals surface area contributed by atoms with E-state index in [1.54, 1.807) is 11.6 Å². The van der Waals surface area contributed by atoms with Gasteiger partial charge in [-0.05, 0) is 24.7 Å². The molecule has 0 atom stereocenters. The predicted molar refractivity (Wildman–Crippen MR) is 87.9 cm³/mol. The van der Waals surface area contributed by atoms with Crippen LogP contribution >= 0.6 is 0 Å². The Morgan fingerprint density at radius 3 is 2.64 bits per heavy atom. The lowest BCUT2D eigenvalue weighted by Crippen LogP contribution is -2.12. The number of allylic oxidation sites excluding steroid dienone is 1. The summed E-state index contributed by atoms with van der Waals surface area (Å²) < 4.78 is 12.4. The summed E-state index contributed by atoms with van der Waals surface area (Å²) >= 11 is 0. The lowest BCUT2D eigenvalue weighted by atomic mass is 9.91. The maximum Gasteiger partial charge on any atom is 0.345 e. The molecule has 0 fully saturated rings. The molecule has 5 nitrogen and oxygen atoms in total. The highest BCUT2D eigenvalue weighted by Crippen LogP contribution is 2.25. The van der Waals surface area contributed by atoms with Gasteiger partial charge in [0.15, 0.2) is 0 Å². The summed E-state index contributed by atoms with van der Waals surface area (Å²) in [5, 5.41) is 4.24. The number of ether oxygens (including phenoxy) is 2. The molecule has 1 aromatic rings. The van der Waals surface area contributed by atoms with E-state index in [9.17, 15) is 4.79 Å². The molecule has 0 bridgehead atoms. The van der Waals surface area contributed by atoms with Crippen LogP contribution in [-0.2, 0) is 4.74 Å². The van der Waals surface area contributed by atoms with Gasteiger partial charge in [0, 0.05) is 6.20 Å². The summed E-state index contributed by atoms with van der Waals surface area (Å²) in [6.45, 7) is 13.2. The highest BCUT2D eigenvalue weighted by Gasteiger charge is 2.20. The van der Waals surface area contributed by atoms with Crippen LogP contribution in [0.25, 0.3) is 6.20 Å². The first kappa shape index (κ1) is 18.3. The minimum atomic E-state index is -0.407. The zero-order chi connectivity index (χ0) is 16.8. The molecule has 0 spiro atoms. The Morgan fingerprint density at radius 1 is 1.41 bits per heavy atom. The Hall–Kier alpha value is -1.78. The summed E-state index contributed by atoms with van der Waals surface area (Å²) in [4.78, 5) is 12.0. The van der Waals surface area contributed by atoms with E-state index in [0.717, 1.165) is 6.42 Å². The summed E-state index contributed by atoms with van der Waals surface area (Å²) in [6, 6.07) is 0. The first-order valence-corrected chi connectivity index (χ1v) is 7.87. The Balaban J connectivity index is 3.08. The topological polar surface area (TPSA) is 53.3 Å². The number of carbonyl (C=O) groups excluding carboxylic acids is 1. The summed E-state index contributed by atoms with van der Waals surface area (Å²) in [5.74, 6) is 0.389. The third-order valence-electron chi connectivity index (χ3n) is 3.38. The second-order valence-corrected chi connectivity index (χ2v) is 6.39. The van der Waals surface area contributed by atoms with E-state index in [1.165, 1.54) is 6.20 Å². The molecule has 124 valence electrons. The normalized spacial score (nSPS) is 12.1.